The maximum Gasteiger partial charge on any atom is 0.191 e. The van der Waals surface area contributed by atoms with Gasteiger partial charge in [0.05, 0.1) is 26.9 Å². The van der Waals surface area contributed by atoms with Crippen LogP contribution >= 0.6 is 0 Å². The fourth-order valence-corrected chi connectivity index (χ4v) is 3.23. The molecule has 1 heterocycles. The van der Waals surface area contributed by atoms with Crippen LogP contribution in [0.15, 0.2) is 23.2 Å². The van der Waals surface area contributed by atoms with Crippen molar-refractivity contribution in [1.82, 2.24) is 15.5 Å². The summed E-state index contributed by atoms with van der Waals surface area (Å²) in [5, 5.41) is 6.80. The van der Waals surface area contributed by atoms with E-state index in [0.29, 0.717) is 0 Å². The fraction of sp³-hybridized carbons (Fsp3) is 0.667. The third-order valence-corrected chi connectivity index (χ3v) is 5.01. The predicted molar refractivity (Wildman–Crippen MR) is 112 cm³/mol. The molecule has 0 radical (unpaired) electrons. The summed E-state index contributed by atoms with van der Waals surface area (Å²) in [5.41, 5.74) is 2.44. The topological polar surface area (TPSA) is 58.1 Å². The van der Waals surface area contributed by atoms with Gasteiger partial charge in [0.2, 0.25) is 0 Å². The summed E-state index contributed by atoms with van der Waals surface area (Å²) in [4.78, 5) is 7.29. The first-order valence-corrected chi connectivity index (χ1v) is 9.94. The highest BCUT2D eigenvalue weighted by molar-refractivity contribution is 5.79. The SMILES string of the molecule is CCNC(=NCC(C)(C)N1CCOCC1)NCCc1ccc(C)c(OC)c1. The molecule has 0 amide bonds. The Balaban J connectivity index is 1.89. The standard InChI is InChI=1S/C21H36N4O2/c1-6-22-20(24-16-21(3,4)25-11-13-27-14-12-25)23-10-9-18-8-7-17(2)19(15-18)26-5/h7-8,15H,6,9-14,16H2,1-5H3,(H2,22,23,24). The summed E-state index contributed by atoms with van der Waals surface area (Å²) < 4.78 is 10.9. The van der Waals surface area contributed by atoms with Gasteiger partial charge in [0.25, 0.3) is 0 Å². The van der Waals surface area contributed by atoms with Crippen LogP contribution in [0.2, 0.25) is 0 Å². The molecule has 2 N–H and O–H groups in total. The number of morpholine rings is 1. The molecule has 0 atom stereocenters. The van der Waals surface area contributed by atoms with Gasteiger partial charge in [0.15, 0.2) is 5.96 Å². The molecule has 152 valence electrons. The first-order valence-electron chi connectivity index (χ1n) is 9.94. The van der Waals surface area contributed by atoms with Gasteiger partial charge in [0.1, 0.15) is 5.75 Å². The lowest BCUT2D eigenvalue weighted by Crippen LogP contribution is -2.52. The maximum absolute atomic E-state index is 5.47. The molecule has 1 aliphatic heterocycles. The third-order valence-electron chi connectivity index (χ3n) is 5.01. The molecule has 27 heavy (non-hydrogen) atoms. The number of ether oxygens (including phenoxy) is 2. The second-order valence-electron chi connectivity index (χ2n) is 7.59. The van der Waals surface area contributed by atoms with Gasteiger partial charge in [-0.25, -0.2) is 0 Å². The summed E-state index contributed by atoms with van der Waals surface area (Å²) in [7, 11) is 1.72. The minimum Gasteiger partial charge on any atom is -0.496 e. The van der Waals surface area contributed by atoms with Crippen molar-refractivity contribution in [3.05, 3.63) is 29.3 Å². The Bertz CT molecular complexity index is 610. The van der Waals surface area contributed by atoms with Crippen LogP contribution < -0.4 is 15.4 Å². The van der Waals surface area contributed by atoms with Crippen LogP contribution in [0.3, 0.4) is 0 Å². The van der Waals surface area contributed by atoms with Crippen molar-refractivity contribution in [2.75, 3.05) is 53.0 Å². The lowest BCUT2D eigenvalue weighted by molar-refractivity contribution is -0.00683. The van der Waals surface area contributed by atoms with Gasteiger partial charge < -0.3 is 20.1 Å². The van der Waals surface area contributed by atoms with Crippen molar-refractivity contribution in [1.29, 1.82) is 0 Å². The smallest absolute Gasteiger partial charge is 0.191 e. The molecule has 1 aromatic carbocycles. The quantitative estimate of drug-likeness (QED) is 0.538. The molecular formula is C21H36N4O2. The third kappa shape index (κ3) is 6.70. The second-order valence-corrected chi connectivity index (χ2v) is 7.59. The summed E-state index contributed by atoms with van der Waals surface area (Å²) in [6.45, 7) is 14.7. The van der Waals surface area contributed by atoms with Gasteiger partial charge in [-0.2, -0.15) is 0 Å². The number of hydrogen-bond acceptors (Lipinski definition) is 4. The van der Waals surface area contributed by atoms with E-state index in [1.54, 1.807) is 7.11 Å². The molecule has 2 rings (SSSR count). The van der Waals surface area contributed by atoms with Gasteiger partial charge in [-0.3, -0.25) is 9.89 Å². The molecule has 1 saturated heterocycles. The highest BCUT2D eigenvalue weighted by Crippen LogP contribution is 2.19. The Morgan fingerprint density at radius 2 is 2.00 bits per heavy atom. The average molecular weight is 377 g/mol. The number of aliphatic imine (C=N–C) groups is 1. The zero-order valence-corrected chi connectivity index (χ0v) is 17.6. The van der Waals surface area contributed by atoms with E-state index < -0.39 is 0 Å². The van der Waals surface area contributed by atoms with Crippen LogP contribution in [0.1, 0.15) is 31.9 Å². The van der Waals surface area contributed by atoms with Crippen LogP contribution in [0.4, 0.5) is 0 Å². The number of aryl methyl sites for hydroxylation is 1. The van der Waals surface area contributed by atoms with Crippen molar-refractivity contribution < 1.29 is 9.47 Å². The molecule has 0 spiro atoms. The first kappa shape index (κ1) is 21.5. The molecule has 0 unspecified atom stereocenters. The molecule has 1 fully saturated rings. The van der Waals surface area contributed by atoms with E-state index in [2.05, 4.69) is 61.4 Å². The van der Waals surface area contributed by atoms with Crippen molar-refractivity contribution in [2.24, 2.45) is 4.99 Å². The lowest BCUT2D eigenvalue weighted by atomic mass is 10.0. The minimum atomic E-state index is 0.0243. The average Bonchev–Trinajstić information content (AvgIpc) is 2.68. The molecule has 0 saturated carbocycles. The van der Waals surface area contributed by atoms with Crippen LogP contribution in [0, 0.1) is 6.92 Å². The van der Waals surface area contributed by atoms with Crippen molar-refractivity contribution in [3.8, 4) is 5.75 Å². The Hall–Kier alpha value is -1.79. The molecule has 0 bridgehead atoms. The minimum absolute atomic E-state index is 0.0243. The number of nitrogens with one attached hydrogen (secondary N) is 2. The second kappa shape index (κ2) is 10.5. The van der Waals surface area contributed by atoms with Crippen LogP contribution in [0.5, 0.6) is 5.75 Å². The zero-order valence-electron chi connectivity index (χ0n) is 17.6. The van der Waals surface area contributed by atoms with E-state index in [0.717, 1.165) is 69.6 Å². The molecule has 0 aliphatic carbocycles. The van der Waals surface area contributed by atoms with E-state index in [9.17, 15) is 0 Å². The number of rotatable bonds is 8. The molecule has 6 heteroatoms. The highest BCUT2D eigenvalue weighted by Gasteiger charge is 2.28. The molecular weight excluding hydrogens is 340 g/mol. The van der Waals surface area contributed by atoms with E-state index in [-0.39, 0.29) is 5.54 Å². The van der Waals surface area contributed by atoms with E-state index in [4.69, 9.17) is 14.5 Å². The van der Waals surface area contributed by atoms with Crippen LogP contribution in [-0.2, 0) is 11.2 Å². The summed E-state index contributed by atoms with van der Waals surface area (Å²) in [6, 6.07) is 6.38. The van der Waals surface area contributed by atoms with Gasteiger partial charge in [-0.1, -0.05) is 12.1 Å². The van der Waals surface area contributed by atoms with E-state index >= 15 is 0 Å². The Labute approximate surface area is 164 Å². The van der Waals surface area contributed by atoms with Crippen LogP contribution in [0.25, 0.3) is 0 Å². The normalized spacial score (nSPS) is 16.3. The lowest BCUT2D eigenvalue weighted by Gasteiger charge is -2.39. The molecule has 1 aromatic rings. The Kier molecular flexibility index (Phi) is 8.38. The monoisotopic (exact) mass is 376 g/mol. The summed E-state index contributed by atoms with van der Waals surface area (Å²) >= 11 is 0. The Morgan fingerprint density at radius 1 is 1.26 bits per heavy atom. The van der Waals surface area contributed by atoms with Gasteiger partial charge >= 0.3 is 0 Å². The van der Waals surface area contributed by atoms with E-state index in [1.165, 1.54) is 5.56 Å². The van der Waals surface area contributed by atoms with Gasteiger partial charge in [-0.15, -0.1) is 0 Å². The number of nitrogens with zero attached hydrogens (tertiary/aromatic N) is 2. The van der Waals surface area contributed by atoms with Gasteiger partial charge in [0, 0.05) is 31.7 Å². The van der Waals surface area contributed by atoms with Crippen molar-refractivity contribution in [2.45, 2.75) is 39.7 Å². The van der Waals surface area contributed by atoms with Crippen molar-refractivity contribution >= 4 is 5.96 Å². The summed E-state index contributed by atoms with van der Waals surface area (Å²) in [5.74, 6) is 1.82. The number of hydrogen-bond donors (Lipinski definition) is 2. The molecule has 0 aromatic heterocycles. The predicted octanol–water partition coefficient (Wildman–Crippen LogP) is 2.21. The number of guanidine groups is 1. The highest BCUT2D eigenvalue weighted by atomic mass is 16.5. The van der Waals surface area contributed by atoms with Gasteiger partial charge in [-0.05, 0) is 51.3 Å². The fourth-order valence-electron chi connectivity index (χ4n) is 3.23. The van der Waals surface area contributed by atoms with E-state index in [1.807, 2.05) is 0 Å². The molecule has 1 aliphatic rings. The first-order chi connectivity index (χ1) is 13.0. The van der Waals surface area contributed by atoms with Crippen LogP contribution in [-0.4, -0.2) is 69.4 Å². The maximum atomic E-state index is 5.47. The molecule has 6 nitrogen and oxygen atoms in total. The number of benzene rings is 1. The number of methoxy groups -OCH3 is 1. The largest absolute Gasteiger partial charge is 0.496 e. The summed E-state index contributed by atoms with van der Waals surface area (Å²) in [6.07, 6.45) is 0.925. The van der Waals surface area contributed by atoms with Crippen molar-refractivity contribution in [3.63, 3.8) is 0 Å². The Morgan fingerprint density at radius 3 is 2.67 bits per heavy atom. The zero-order chi connectivity index (χ0) is 19.7.